The first-order valence-corrected chi connectivity index (χ1v) is 11.7. The number of ether oxygens (including phenoxy) is 1. The molecule has 0 unspecified atom stereocenters. The maximum absolute atomic E-state index is 13.0. The van der Waals surface area contributed by atoms with Gasteiger partial charge >= 0.3 is 5.97 Å². The number of benzene rings is 3. The molecule has 1 amide bonds. The van der Waals surface area contributed by atoms with E-state index < -0.39 is 34.3 Å². The number of carbonyl (C=O) groups excluding carboxylic acids is 2. The van der Waals surface area contributed by atoms with Crippen LogP contribution in [0.25, 0.3) is 0 Å². The lowest BCUT2D eigenvalue weighted by Gasteiger charge is -2.10. The van der Waals surface area contributed by atoms with Crippen molar-refractivity contribution in [3.8, 4) is 0 Å². The summed E-state index contributed by atoms with van der Waals surface area (Å²) in [6, 6.07) is 19.9. The number of sulfonamides is 1. The van der Waals surface area contributed by atoms with E-state index in [4.69, 9.17) is 4.74 Å². The minimum atomic E-state index is -4.01. The van der Waals surface area contributed by atoms with E-state index in [0.717, 1.165) is 31.0 Å². The molecule has 3 aromatic carbocycles. The van der Waals surface area contributed by atoms with Gasteiger partial charge in [-0.2, -0.15) is 0 Å². The Morgan fingerprint density at radius 3 is 2.36 bits per heavy atom. The number of hydrogen-bond acceptors (Lipinski definition) is 5. The monoisotopic (exact) mass is 470 g/mol. The highest BCUT2D eigenvalue weighted by atomic mass is 32.2. The molecule has 2 N–H and O–H groups in total. The molecule has 0 heterocycles. The number of esters is 1. The lowest BCUT2D eigenvalue weighted by Crippen LogP contribution is -2.29. The van der Waals surface area contributed by atoms with Gasteiger partial charge in [0.25, 0.3) is 15.9 Å². The second kappa shape index (κ2) is 11.2. The van der Waals surface area contributed by atoms with Crippen LogP contribution < -0.4 is 10.0 Å². The van der Waals surface area contributed by atoms with Crippen molar-refractivity contribution in [2.75, 3.05) is 17.9 Å². The molecule has 0 radical (unpaired) electrons. The number of halogens is 1. The summed E-state index contributed by atoms with van der Waals surface area (Å²) < 4.78 is 45.4. The number of carbonyl (C=O) groups is 2. The molecule has 9 heteroatoms. The molecule has 0 spiro atoms. The zero-order valence-electron chi connectivity index (χ0n) is 17.7. The van der Waals surface area contributed by atoms with E-state index in [1.54, 1.807) is 0 Å². The van der Waals surface area contributed by atoms with Gasteiger partial charge in [-0.3, -0.25) is 9.52 Å². The summed E-state index contributed by atoms with van der Waals surface area (Å²) in [5.41, 5.74) is 1.32. The Morgan fingerprint density at radius 1 is 0.909 bits per heavy atom. The predicted molar refractivity (Wildman–Crippen MR) is 122 cm³/mol. The summed E-state index contributed by atoms with van der Waals surface area (Å²) in [6.07, 6.45) is 1.55. The zero-order chi connectivity index (χ0) is 23.7. The predicted octanol–water partition coefficient (Wildman–Crippen LogP) is 3.53. The van der Waals surface area contributed by atoms with Gasteiger partial charge in [0.05, 0.1) is 10.5 Å². The number of hydrogen-bond donors (Lipinski definition) is 2. The number of anilines is 1. The van der Waals surface area contributed by atoms with Crippen molar-refractivity contribution in [3.63, 3.8) is 0 Å². The lowest BCUT2D eigenvalue weighted by molar-refractivity contribution is -0.124. The Balaban J connectivity index is 1.49. The van der Waals surface area contributed by atoms with E-state index >= 15 is 0 Å². The fourth-order valence-electron chi connectivity index (χ4n) is 2.95. The van der Waals surface area contributed by atoms with Crippen LogP contribution in [0, 0.1) is 5.82 Å². The van der Waals surface area contributed by atoms with E-state index in [1.807, 2.05) is 30.3 Å². The number of amides is 1. The van der Waals surface area contributed by atoms with Crippen molar-refractivity contribution in [1.29, 1.82) is 0 Å². The third-order valence-corrected chi connectivity index (χ3v) is 6.00. The van der Waals surface area contributed by atoms with Gasteiger partial charge in [-0.15, -0.1) is 0 Å². The lowest BCUT2D eigenvalue weighted by atomic mass is 10.1. The van der Waals surface area contributed by atoms with Gasteiger partial charge in [0, 0.05) is 12.2 Å². The Bertz CT molecular complexity index is 1200. The van der Waals surface area contributed by atoms with Gasteiger partial charge in [-0.25, -0.2) is 17.6 Å². The van der Waals surface area contributed by atoms with Gasteiger partial charge < -0.3 is 10.1 Å². The maximum Gasteiger partial charge on any atom is 0.338 e. The Morgan fingerprint density at radius 2 is 1.64 bits per heavy atom. The van der Waals surface area contributed by atoms with Crippen LogP contribution in [0.1, 0.15) is 22.3 Å². The molecule has 0 aromatic heterocycles. The molecule has 0 aliphatic heterocycles. The molecule has 33 heavy (non-hydrogen) atoms. The fraction of sp³-hybridized carbons (Fsp3) is 0.167. The van der Waals surface area contributed by atoms with Crippen molar-refractivity contribution >= 4 is 27.6 Å². The van der Waals surface area contributed by atoms with Crippen molar-refractivity contribution in [2.45, 2.75) is 17.7 Å². The molecule has 172 valence electrons. The molecule has 7 nitrogen and oxygen atoms in total. The van der Waals surface area contributed by atoms with Crippen LogP contribution >= 0.6 is 0 Å². The standard InChI is InChI=1S/C24H23FN2O5S/c25-20-11-13-21(14-12-20)27-33(30,31)22-10-4-9-19(16-22)24(29)32-17-23(28)26-15-5-8-18-6-2-1-3-7-18/h1-4,6-7,9-14,16,27H,5,8,15,17H2,(H,26,28). The highest BCUT2D eigenvalue weighted by Gasteiger charge is 2.18. The Kier molecular flexibility index (Phi) is 8.15. The zero-order valence-corrected chi connectivity index (χ0v) is 18.5. The van der Waals surface area contributed by atoms with Crippen LogP contribution in [0.4, 0.5) is 10.1 Å². The van der Waals surface area contributed by atoms with E-state index in [-0.39, 0.29) is 16.1 Å². The molecule has 0 aliphatic rings. The maximum atomic E-state index is 13.0. The summed E-state index contributed by atoms with van der Waals surface area (Å²) in [5.74, 6) is -1.77. The average Bonchev–Trinajstić information content (AvgIpc) is 2.82. The van der Waals surface area contributed by atoms with Crippen molar-refractivity contribution in [1.82, 2.24) is 5.32 Å². The minimum Gasteiger partial charge on any atom is -0.452 e. The van der Waals surface area contributed by atoms with Crippen LogP contribution in [0.3, 0.4) is 0 Å². The quantitative estimate of drug-likeness (QED) is 0.349. The van der Waals surface area contributed by atoms with Crippen LogP contribution in [-0.2, 0) is 26.0 Å². The third-order valence-electron chi connectivity index (χ3n) is 4.62. The van der Waals surface area contributed by atoms with Gasteiger partial charge in [0.1, 0.15) is 5.82 Å². The van der Waals surface area contributed by atoms with E-state index in [1.165, 1.54) is 35.9 Å². The summed E-state index contributed by atoms with van der Waals surface area (Å²) in [6.45, 7) is -0.0387. The molecule has 0 aliphatic carbocycles. The summed E-state index contributed by atoms with van der Waals surface area (Å²) in [4.78, 5) is 24.0. The molecule has 0 saturated carbocycles. The van der Waals surface area contributed by atoms with Gasteiger partial charge in [-0.1, -0.05) is 36.4 Å². The summed E-state index contributed by atoms with van der Waals surface area (Å²) >= 11 is 0. The SMILES string of the molecule is O=C(COC(=O)c1cccc(S(=O)(=O)Nc2ccc(F)cc2)c1)NCCCc1ccccc1. The molecule has 3 rings (SSSR count). The molecular formula is C24H23FN2O5S. The van der Waals surface area contributed by atoms with Crippen LogP contribution in [-0.4, -0.2) is 33.4 Å². The van der Waals surface area contributed by atoms with E-state index in [9.17, 15) is 22.4 Å². The highest BCUT2D eigenvalue weighted by Crippen LogP contribution is 2.18. The first-order valence-electron chi connectivity index (χ1n) is 10.2. The molecule has 0 fully saturated rings. The van der Waals surface area contributed by atoms with Gasteiger partial charge in [0.2, 0.25) is 0 Å². The average molecular weight is 471 g/mol. The van der Waals surface area contributed by atoms with Gasteiger partial charge in [0.15, 0.2) is 6.61 Å². The fourth-order valence-corrected chi connectivity index (χ4v) is 4.06. The molecule has 0 bridgehead atoms. The first kappa shape index (κ1) is 23.9. The number of rotatable bonds is 10. The van der Waals surface area contributed by atoms with E-state index in [2.05, 4.69) is 10.0 Å². The number of nitrogens with one attached hydrogen (secondary N) is 2. The second-order valence-corrected chi connectivity index (χ2v) is 8.84. The van der Waals surface area contributed by atoms with Crippen LogP contribution in [0.15, 0.2) is 83.8 Å². The molecule has 3 aromatic rings. The smallest absolute Gasteiger partial charge is 0.338 e. The first-order chi connectivity index (χ1) is 15.8. The van der Waals surface area contributed by atoms with Crippen LogP contribution in [0.2, 0.25) is 0 Å². The topological polar surface area (TPSA) is 102 Å². The summed E-state index contributed by atoms with van der Waals surface area (Å²) in [7, 11) is -4.01. The second-order valence-electron chi connectivity index (χ2n) is 7.16. The van der Waals surface area contributed by atoms with Crippen molar-refractivity contribution < 1.29 is 27.1 Å². The minimum absolute atomic E-state index is 0.0196. The molecule has 0 atom stereocenters. The molecule has 0 saturated heterocycles. The van der Waals surface area contributed by atoms with Crippen molar-refractivity contribution in [2.24, 2.45) is 0 Å². The highest BCUT2D eigenvalue weighted by molar-refractivity contribution is 7.92. The van der Waals surface area contributed by atoms with Crippen LogP contribution in [0.5, 0.6) is 0 Å². The largest absolute Gasteiger partial charge is 0.452 e. The summed E-state index contributed by atoms with van der Waals surface area (Å²) in [5, 5.41) is 2.68. The van der Waals surface area contributed by atoms with Crippen molar-refractivity contribution in [3.05, 3.63) is 95.8 Å². The third kappa shape index (κ3) is 7.43. The molecular weight excluding hydrogens is 447 g/mol. The normalized spacial score (nSPS) is 10.9. The Hall–Kier alpha value is -3.72. The van der Waals surface area contributed by atoms with E-state index in [0.29, 0.717) is 6.54 Å². The number of aryl methyl sites for hydroxylation is 1. The van der Waals surface area contributed by atoms with Gasteiger partial charge in [-0.05, 0) is 60.9 Å². The Labute approximate surface area is 191 Å².